The Morgan fingerprint density at radius 2 is 0.737 bits per heavy atom. The van der Waals surface area contributed by atoms with Crippen LogP contribution in [0.1, 0.15) is 239 Å². The van der Waals surface area contributed by atoms with Crippen LogP contribution in [0.25, 0.3) is 0 Å². The van der Waals surface area contributed by atoms with Gasteiger partial charge in [-0.25, -0.2) is 0 Å². The molecule has 14 heteroatoms. The van der Waals surface area contributed by atoms with Gasteiger partial charge in [-0.15, -0.1) is 0 Å². The summed E-state index contributed by atoms with van der Waals surface area (Å²) in [5.41, 5.74) is 0. The fraction of sp³-hybridized carbons (Fsp3) is 0.642. The maximum absolute atomic E-state index is 13.3. The smallest absolute Gasteiger partial charge is 0.220 e. The van der Waals surface area contributed by atoms with Crippen molar-refractivity contribution >= 4 is 5.91 Å². The molecular weight excluding hydrogens is 1190 g/mol. The van der Waals surface area contributed by atoms with Crippen molar-refractivity contribution < 1.29 is 64.6 Å². The zero-order valence-electron chi connectivity index (χ0n) is 58.6. The molecular formula is C81H131NO13. The van der Waals surface area contributed by atoms with Crippen LogP contribution in [0.15, 0.2) is 170 Å². The van der Waals surface area contributed by atoms with Gasteiger partial charge >= 0.3 is 0 Å². The molecule has 12 atom stereocenters. The van der Waals surface area contributed by atoms with E-state index in [1.165, 1.54) is 89.9 Å². The standard InChI is InChI=1S/C81H131NO13/c1-3-5-7-9-11-13-15-17-19-21-23-25-26-27-28-29-30-31-32-33-34-35-36-37-38-39-40-41-42-43-44-45-47-49-51-53-55-57-59-61-63-65-73(86)82-69(70(85)64-62-60-58-56-54-52-50-48-46-24-22-20-18-16-14-12-10-8-6-4-2)68-92-80-78(91)76(89)79(72(67-84)94-80)95-81-77(90)75(88)74(87)71(66-83)93-81/h5,7,11,13,17,19,23,25,27-28,30-31,33-34,36-37,39-40,42-43,45,47,51,53-54,56,62,64,69-72,74-81,83-85,87-91H,3-4,6,8-10,12,14-16,18,20-22,24,26,29,32,35,38,41,44,46,48-50,52,55,57-61,63,65-68H2,1-2H3,(H,82,86)/b7-5-,13-11-,19-17-,25-23-,28-27-,31-30-,34-33-,37-36-,40-39-,43-42-,47-45-,53-51-,56-54+,64-62+. The van der Waals surface area contributed by atoms with Gasteiger partial charge in [-0.1, -0.05) is 280 Å². The fourth-order valence-electron chi connectivity index (χ4n) is 10.8. The summed E-state index contributed by atoms with van der Waals surface area (Å²) in [5, 5.41) is 87.4. The van der Waals surface area contributed by atoms with Crippen LogP contribution in [0.2, 0.25) is 0 Å². The maximum Gasteiger partial charge on any atom is 0.220 e. The normalized spacial score (nSPS) is 23.4. The number of amides is 1. The Morgan fingerprint density at radius 1 is 0.389 bits per heavy atom. The average Bonchev–Trinajstić information content (AvgIpc) is 0.897. The lowest BCUT2D eigenvalue weighted by Crippen LogP contribution is -2.65. The number of ether oxygens (including phenoxy) is 4. The van der Waals surface area contributed by atoms with E-state index >= 15 is 0 Å². The second-order valence-electron chi connectivity index (χ2n) is 25.0. The van der Waals surface area contributed by atoms with Gasteiger partial charge in [0.2, 0.25) is 5.91 Å². The van der Waals surface area contributed by atoms with Crippen molar-refractivity contribution in [1.29, 1.82) is 0 Å². The monoisotopic (exact) mass is 1330 g/mol. The summed E-state index contributed by atoms with van der Waals surface area (Å²) in [7, 11) is 0. The SMILES string of the molecule is CC/C=C\C/C=C\C/C=C\C/C=C\C/C=C\C/C=C\C/C=C\C/C=C\C/C=C\C/C=C\C/C=C\C/C=C\CCCCCCC(=O)NC(COC1OC(CO)C(OC2OC(CO)C(O)C(O)C2O)C(O)C1O)C(O)/C=C/CC/C=C/CCCCCCCCCCCCCCCC. The van der Waals surface area contributed by atoms with Crippen molar-refractivity contribution in [3.8, 4) is 0 Å². The molecule has 2 fully saturated rings. The number of aliphatic hydroxyl groups excluding tert-OH is 8. The van der Waals surface area contributed by atoms with Crippen LogP contribution in [-0.2, 0) is 23.7 Å². The molecule has 1 amide bonds. The first kappa shape index (κ1) is 86.4. The van der Waals surface area contributed by atoms with E-state index in [-0.39, 0.29) is 18.9 Å². The number of allylic oxidation sites excluding steroid dienone is 27. The van der Waals surface area contributed by atoms with Gasteiger partial charge in [0.05, 0.1) is 32.0 Å². The Balaban J connectivity index is 1.68. The van der Waals surface area contributed by atoms with Gasteiger partial charge in [0.25, 0.3) is 0 Å². The van der Waals surface area contributed by atoms with E-state index in [9.17, 15) is 45.6 Å². The Kier molecular flexibility index (Phi) is 57.2. The molecule has 0 radical (unpaired) electrons. The van der Waals surface area contributed by atoms with Gasteiger partial charge < -0.3 is 65.1 Å². The van der Waals surface area contributed by atoms with Gasteiger partial charge in [0, 0.05) is 6.42 Å². The number of rotatable bonds is 58. The lowest BCUT2D eigenvalue weighted by Gasteiger charge is -2.46. The maximum atomic E-state index is 13.3. The average molecular weight is 1330 g/mol. The predicted octanol–water partition coefficient (Wildman–Crippen LogP) is 16.0. The fourth-order valence-corrected chi connectivity index (χ4v) is 10.8. The molecule has 14 nitrogen and oxygen atoms in total. The molecule has 2 aliphatic rings. The minimum atomic E-state index is -1.80. The Hall–Kier alpha value is -4.65. The lowest BCUT2D eigenvalue weighted by molar-refractivity contribution is -0.359. The Morgan fingerprint density at radius 3 is 1.16 bits per heavy atom. The molecule has 538 valence electrons. The topological polar surface area (TPSA) is 228 Å². The van der Waals surface area contributed by atoms with Crippen LogP contribution in [0.4, 0.5) is 0 Å². The van der Waals surface area contributed by atoms with Gasteiger partial charge in [0.1, 0.15) is 48.8 Å². The summed E-state index contributed by atoms with van der Waals surface area (Å²) in [6, 6.07) is -0.959. The van der Waals surface area contributed by atoms with Crippen molar-refractivity contribution in [2.24, 2.45) is 0 Å². The first-order chi connectivity index (χ1) is 46.6. The number of aliphatic hydroxyl groups is 8. The molecule has 0 aromatic heterocycles. The van der Waals surface area contributed by atoms with Gasteiger partial charge in [-0.2, -0.15) is 0 Å². The summed E-state index contributed by atoms with van der Waals surface area (Å²) in [5.74, 6) is -0.280. The third kappa shape index (κ3) is 46.3. The first-order valence-corrected chi connectivity index (χ1v) is 36.9. The highest BCUT2D eigenvalue weighted by atomic mass is 16.7. The van der Waals surface area contributed by atoms with E-state index in [0.29, 0.717) is 12.8 Å². The number of nitrogens with one attached hydrogen (secondary N) is 1. The van der Waals surface area contributed by atoms with Gasteiger partial charge in [-0.3, -0.25) is 4.79 Å². The summed E-state index contributed by atoms with van der Waals surface area (Å²) in [6.45, 7) is 2.65. The molecule has 12 unspecified atom stereocenters. The number of unbranched alkanes of at least 4 members (excludes halogenated alkanes) is 19. The van der Waals surface area contributed by atoms with E-state index < -0.39 is 86.8 Å². The van der Waals surface area contributed by atoms with E-state index in [2.05, 4.69) is 177 Å². The summed E-state index contributed by atoms with van der Waals surface area (Å²) in [6.07, 6.45) is 81.2. The van der Waals surface area contributed by atoms with Crippen LogP contribution in [0.3, 0.4) is 0 Å². The highest BCUT2D eigenvalue weighted by Crippen LogP contribution is 2.30. The molecule has 0 aromatic carbocycles. The number of hydrogen-bond donors (Lipinski definition) is 9. The molecule has 0 aliphatic carbocycles. The van der Waals surface area contributed by atoms with Crippen molar-refractivity contribution in [3.05, 3.63) is 170 Å². The third-order valence-electron chi connectivity index (χ3n) is 16.6. The molecule has 2 saturated heterocycles. The molecule has 0 bridgehead atoms. The summed E-state index contributed by atoms with van der Waals surface area (Å²) in [4.78, 5) is 13.3. The Labute approximate surface area is 575 Å². The van der Waals surface area contributed by atoms with Crippen molar-refractivity contribution in [2.75, 3.05) is 19.8 Å². The molecule has 0 saturated carbocycles. The molecule has 0 spiro atoms. The van der Waals surface area contributed by atoms with Crippen molar-refractivity contribution in [3.63, 3.8) is 0 Å². The van der Waals surface area contributed by atoms with E-state index in [0.717, 1.165) is 116 Å². The molecule has 95 heavy (non-hydrogen) atoms. The molecule has 0 aromatic rings. The quantitative estimate of drug-likeness (QED) is 0.0204. The molecule has 9 N–H and O–H groups in total. The number of carbonyl (C=O) groups excluding carboxylic acids is 1. The highest BCUT2D eigenvalue weighted by Gasteiger charge is 2.51. The highest BCUT2D eigenvalue weighted by molar-refractivity contribution is 5.76. The minimum absolute atomic E-state index is 0.232. The predicted molar refractivity (Wildman–Crippen MR) is 391 cm³/mol. The molecule has 2 rings (SSSR count). The number of hydrogen-bond acceptors (Lipinski definition) is 13. The van der Waals surface area contributed by atoms with E-state index in [4.69, 9.17) is 18.9 Å². The number of carbonyl (C=O) groups is 1. The van der Waals surface area contributed by atoms with Crippen molar-refractivity contribution in [1.82, 2.24) is 5.32 Å². The van der Waals surface area contributed by atoms with Gasteiger partial charge in [-0.05, 0) is 122 Å². The van der Waals surface area contributed by atoms with Crippen LogP contribution >= 0.6 is 0 Å². The van der Waals surface area contributed by atoms with E-state index in [1.54, 1.807) is 6.08 Å². The van der Waals surface area contributed by atoms with Crippen molar-refractivity contribution in [2.45, 2.75) is 312 Å². The zero-order chi connectivity index (χ0) is 68.7. The van der Waals surface area contributed by atoms with Gasteiger partial charge in [0.15, 0.2) is 12.6 Å². The minimum Gasteiger partial charge on any atom is -0.394 e. The van der Waals surface area contributed by atoms with Crippen LogP contribution in [0.5, 0.6) is 0 Å². The largest absolute Gasteiger partial charge is 0.394 e. The molecule has 2 heterocycles. The first-order valence-electron chi connectivity index (χ1n) is 36.9. The molecule has 2 aliphatic heterocycles. The van der Waals surface area contributed by atoms with Crippen LogP contribution in [-0.4, -0.2) is 140 Å². The second kappa shape index (κ2) is 62.8. The van der Waals surface area contributed by atoms with Crippen LogP contribution in [0, 0.1) is 0 Å². The van der Waals surface area contributed by atoms with Crippen LogP contribution < -0.4 is 5.32 Å². The Bertz CT molecular complexity index is 2250. The zero-order valence-corrected chi connectivity index (χ0v) is 58.6. The third-order valence-corrected chi connectivity index (χ3v) is 16.6. The van der Waals surface area contributed by atoms with E-state index in [1.807, 2.05) is 6.08 Å². The summed E-state index contributed by atoms with van der Waals surface area (Å²) >= 11 is 0. The lowest BCUT2D eigenvalue weighted by atomic mass is 9.97. The second-order valence-corrected chi connectivity index (χ2v) is 25.0. The summed E-state index contributed by atoms with van der Waals surface area (Å²) < 4.78 is 22.8.